The number of hydrogen-bond donors (Lipinski definition) is 1. The van der Waals surface area contributed by atoms with Crippen molar-refractivity contribution in [3.05, 3.63) is 75.9 Å². The number of rotatable bonds is 4. The second kappa shape index (κ2) is 9.60. The highest BCUT2D eigenvalue weighted by Gasteiger charge is 2.35. The lowest BCUT2D eigenvalue weighted by Crippen LogP contribution is -2.23. The zero-order valence-electron chi connectivity index (χ0n) is 21.0. The Hall–Kier alpha value is -4.41. The lowest BCUT2D eigenvalue weighted by Gasteiger charge is -2.28. The first-order chi connectivity index (χ1) is 19.4. The normalized spacial score (nSPS) is 15.0. The lowest BCUT2D eigenvalue weighted by molar-refractivity contribution is -0.137. The van der Waals surface area contributed by atoms with E-state index in [0.29, 0.717) is 48.2 Å². The van der Waals surface area contributed by atoms with Crippen LogP contribution in [0.2, 0.25) is 0 Å². The first-order valence-electron chi connectivity index (χ1n) is 12.4. The highest BCUT2D eigenvalue weighted by Crippen LogP contribution is 2.42. The molecule has 6 rings (SSSR count). The average molecular weight is 586 g/mol. The summed E-state index contributed by atoms with van der Waals surface area (Å²) < 4.78 is 90.1. The summed E-state index contributed by atoms with van der Waals surface area (Å²) in [5.41, 5.74) is -0.757. The Morgan fingerprint density at radius 1 is 1.05 bits per heavy atom. The highest BCUT2D eigenvalue weighted by atomic mass is 32.3. The van der Waals surface area contributed by atoms with Crippen LogP contribution in [-0.4, -0.2) is 31.2 Å². The molecule has 2 aromatic heterocycles. The highest BCUT2D eigenvalue weighted by molar-refractivity contribution is 7.81. The van der Waals surface area contributed by atoms with Gasteiger partial charge in [0.2, 0.25) is 0 Å². The monoisotopic (exact) mass is 585 g/mol. The van der Waals surface area contributed by atoms with Gasteiger partial charge in [-0.05, 0) is 60.4 Å². The summed E-state index contributed by atoms with van der Waals surface area (Å²) in [4.78, 5) is 17.1. The molecule has 1 aliphatic heterocycles. The van der Waals surface area contributed by atoms with E-state index < -0.39 is 33.4 Å². The minimum absolute atomic E-state index is 0.0956. The molecular weight excluding hydrogens is 566 g/mol. The second-order valence-electron chi connectivity index (χ2n) is 9.68. The average Bonchev–Trinajstić information content (AvgIpc) is 3.30. The number of pyridine rings is 1. The molecule has 0 saturated carbocycles. The van der Waals surface area contributed by atoms with Gasteiger partial charge in [-0.2, -0.15) is 26.9 Å². The van der Waals surface area contributed by atoms with Crippen LogP contribution < -0.4 is 9.61 Å². The molecule has 0 aliphatic carbocycles. The molecule has 0 spiro atoms. The third-order valence-electron chi connectivity index (χ3n) is 7.22. The summed E-state index contributed by atoms with van der Waals surface area (Å²) in [6.07, 6.45) is -3.85. The van der Waals surface area contributed by atoms with Crippen molar-refractivity contribution >= 4 is 43.3 Å². The van der Waals surface area contributed by atoms with Crippen LogP contribution in [0.15, 0.2) is 59.4 Å². The maximum Gasteiger partial charge on any atom is 0.488 e. The molecule has 3 aromatic carbocycles. The summed E-state index contributed by atoms with van der Waals surface area (Å²) in [5.74, 6) is -0.514. The number of H-pyrrole nitrogens is 1. The topological polar surface area (TPSA) is 114 Å². The summed E-state index contributed by atoms with van der Waals surface area (Å²) in [6.45, 7) is 0.812. The van der Waals surface area contributed by atoms with Gasteiger partial charge in [0.1, 0.15) is 11.4 Å². The van der Waals surface area contributed by atoms with E-state index in [2.05, 4.69) is 9.17 Å². The van der Waals surface area contributed by atoms with Crippen molar-refractivity contribution in [1.82, 2.24) is 9.55 Å². The summed E-state index contributed by atoms with van der Waals surface area (Å²) in [5, 5.41) is 9.87. The summed E-state index contributed by atoms with van der Waals surface area (Å²) in [7, 11) is -5.42. The summed E-state index contributed by atoms with van der Waals surface area (Å²) >= 11 is 0. The van der Waals surface area contributed by atoms with Gasteiger partial charge in [0.25, 0.3) is 0 Å². The maximum atomic E-state index is 14.5. The van der Waals surface area contributed by atoms with Gasteiger partial charge in [0, 0.05) is 35.5 Å². The molecule has 1 N–H and O–H groups in total. The molecule has 3 heterocycles. The van der Waals surface area contributed by atoms with Gasteiger partial charge >= 0.3 is 16.7 Å². The number of hydrogen-bond acceptors (Lipinski definition) is 6. The third-order valence-corrected chi connectivity index (χ3v) is 7.61. The molecule has 1 saturated heterocycles. The molecule has 5 aromatic rings. The number of ether oxygens (including phenoxy) is 1. The molecule has 8 nitrogen and oxygen atoms in total. The predicted octanol–water partition coefficient (Wildman–Crippen LogP) is 6.14. The maximum absolute atomic E-state index is 14.5. The lowest BCUT2D eigenvalue weighted by atomic mass is 9.95. The third kappa shape index (κ3) is 4.79. The largest absolute Gasteiger partial charge is 0.488 e. The van der Waals surface area contributed by atoms with Crippen molar-refractivity contribution in [2.24, 2.45) is 0 Å². The molecular formula is C28H19F4N3O5S. The molecule has 0 amide bonds. The molecule has 0 unspecified atom stereocenters. The number of nitriles is 1. The predicted molar refractivity (Wildman–Crippen MR) is 142 cm³/mol. The van der Waals surface area contributed by atoms with E-state index in [4.69, 9.17) is 4.74 Å². The number of benzene rings is 3. The summed E-state index contributed by atoms with van der Waals surface area (Å²) in [6, 6.07) is 13.2. The minimum Gasteiger partial charge on any atom is -0.381 e. The van der Waals surface area contributed by atoms with E-state index in [9.17, 15) is 35.5 Å². The van der Waals surface area contributed by atoms with Crippen molar-refractivity contribution in [2.75, 3.05) is 13.2 Å². The van der Waals surface area contributed by atoms with Gasteiger partial charge < -0.3 is 18.5 Å². The Balaban J connectivity index is 1.74. The van der Waals surface area contributed by atoms with Crippen molar-refractivity contribution in [3.8, 4) is 22.9 Å². The molecule has 13 heteroatoms. The fourth-order valence-corrected chi connectivity index (χ4v) is 5.85. The quantitative estimate of drug-likeness (QED) is 0.200. The van der Waals surface area contributed by atoms with Crippen LogP contribution in [0.4, 0.5) is 17.1 Å². The fraction of sp³-hybridized carbons (Fsp3) is 0.214. The molecule has 0 bridgehead atoms. The smallest absolute Gasteiger partial charge is 0.381 e. The van der Waals surface area contributed by atoms with E-state index in [-0.39, 0.29) is 33.5 Å². The van der Waals surface area contributed by atoms with Gasteiger partial charge in [0.15, 0.2) is 5.43 Å². The molecule has 210 valence electrons. The zero-order chi connectivity index (χ0) is 29.1. The van der Waals surface area contributed by atoms with Crippen LogP contribution in [0.1, 0.15) is 30.0 Å². The molecule has 1 fully saturated rings. The first kappa shape index (κ1) is 26.8. The Morgan fingerprint density at radius 2 is 1.80 bits per heavy atom. The van der Waals surface area contributed by atoms with E-state index in [1.807, 2.05) is 6.07 Å². The van der Waals surface area contributed by atoms with Gasteiger partial charge in [0.05, 0.1) is 28.1 Å². The number of nitrogens with one attached hydrogen (secondary N) is 1. The Bertz CT molecular complexity index is 2070. The van der Waals surface area contributed by atoms with Gasteiger partial charge in [-0.25, -0.2) is 0 Å². The molecule has 41 heavy (non-hydrogen) atoms. The first-order valence-corrected chi connectivity index (χ1v) is 13.7. The second-order valence-corrected chi connectivity index (χ2v) is 10.6. The number of alkyl halides is 3. The van der Waals surface area contributed by atoms with E-state index in [1.165, 1.54) is 24.3 Å². The molecule has 1 aliphatic rings. The van der Waals surface area contributed by atoms with Crippen LogP contribution in [-0.2, 0) is 21.4 Å². The SMILES string of the molecule is N#Cc1ccc2c(c1)[nH]c1c2c(=O)c2cc(C(F)(F)F)c(-c3cccc(OS(=O)(=O)F)c3)cc2n1C1CCOCC1. The fourth-order valence-electron chi connectivity index (χ4n) is 5.51. The Labute approximate surface area is 229 Å². The number of nitrogens with zero attached hydrogens (tertiary/aromatic N) is 2. The Morgan fingerprint density at radius 3 is 2.49 bits per heavy atom. The number of aromatic amines is 1. The van der Waals surface area contributed by atoms with Crippen molar-refractivity contribution in [1.29, 1.82) is 5.26 Å². The van der Waals surface area contributed by atoms with Crippen LogP contribution in [0, 0.1) is 11.3 Å². The number of halogens is 4. The van der Waals surface area contributed by atoms with Crippen LogP contribution >= 0.6 is 0 Å². The number of fused-ring (bicyclic) bond motifs is 4. The minimum atomic E-state index is -5.42. The van der Waals surface area contributed by atoms with Gasteiger partial charge in [-0.1, -0.05) is 22.1 Å². The Kier molecular flexibility index (Phi) is 6.28. The van der Waals surface area contributed by atoms with Crippen LogP contribution in [0.5, 0.6) is 5.75 Å². The van der Waals surface area contributed by atoms with Crippen LogP contribution in [0.3, 0.4) is 0 Å². The molecule has 0 radical (unpaired) electrons. The standard InChI is InChI=1S/C28H19F4N3O5S/c29-28(30,31)22-12-21-24(13-20(22)16-2-1-3-18(11-16)40-41(32,37)38)35(17-6-8-39-9-7-17)27-25(26(21)36)19-5-4-15(14-33)10-23(19)34-27/h1-5,10-13,17,34H,6-9H2. The van der Waals surface area contributed by atoms with E-state index >= 15 is 0 Å². The van der Waals surface area contributed by atoms with Crippen LogP contribution in [0.25, 0.3) is 44.0 Å². The van der Waals surface area contributed by atoms with Crippen molar-refractivity contribution in [2.45, 2.75) is 25.1 Å². The number of aromatic nitrogens is 2. The zero-order valence-corrected chi connectivity index (χ0v) is 21.8. The van der Waals surface area contributed by atoms with E-state index in [1.54, 1.807) is 16.7 Å². The van der Waals surface area contributed by atoms with Crippen molar-refractivity contribution < 1.29 is 34.4 Å². The molecule has 0 atom stereocenters. The van der Waals surface area contributed by atoms with Gasteiger partial charge in [-0.15, -0.1) is 0 Å². The van der Waals surface area contributed by atoms with Crippen molar-refractivity contribution in [3.63, 3.8) is 0 Å². The van der Waals surface area contributed by atoms with Gasteiger partial charge in [-0.3, -0.25) is 4.79 Å². The van der Waals surface area contributed by atoms with E-state index in [0.717, 1.165) is 18.2 Å².